The number of nitro benzene ring substituents is 1. The molecule has 0 saturated carbocycles. The van der Waals surface area contributed by atoms with Gasteiger partial charge in [-0.2, -0.15) is 0 Å². The van der Waals surface area contributed by atoms with E-state index >= 15 is 0 Å². The third kappa shape index (κ3) is 2.94. The number of nitro groups is 1. The molecule has 7 heteroatoms. The molecule has 1 aromatic heterocycles. The van der Waals surface area contributed by atoms with Gasteiger partial charge in [0.25, 0.3) is 0 Å². The van der Waals surface area contributed by atoms with Crippen LogP contribution in [0.5, 0.6) is 5.75 Å². The average molecular weight is 314 g/mol. The van der Waals surface area contributed by atoms with Gasteiger partial charge < -0.3 is 9.15 Å². The topological polar surface area (TPSA) is 87.5 Å². The molecule has 0 unspecified atom stereocenters. The lowest BCUT2D eigenvalue weighted by molar-refractivity contribution is -0.385. The van der Waals surface area contributed by atoms with Gasteiger partial charge in [0.15, 0.2) is 11.3 Å². The van der Waals surface area contributed by atoms with Crippen molar-refractivity contribution in [1.82, 2.24) is 4.57 Å². The minimum absolute atomic E-state index is 0.0972. The Balaban J connectivity index is 1.79. The molecule has 2 aromatic carbocycles. The van der Waals surface area contributed by atoms with Gasteiger partial charge in [-0.25, -0.2) is 4.79 Å². The molecule has 0 aliphatic carbocycles. The van der Waals surface area contributed by atoms with Gasteiger partial charge in [-0.05, 0) is 30.7 Å². The molecule has 1 heterocycles. The largest absolute Gasteiger partial charge is 0.485 e. The molecule has 23 heavy (non-hydrogen) atoms. The Morgan fingerprint density at radius 3 is 2.83 bits per heavy atom. The lowest BCUT2D eigenvalue weighted by Crippen LogP contribution is -2.18. The predicted octanol–water partition coefficient (Wildman–Crippen LogP) is 2.89. The molecule has 0 aliphatic heterocycles. The first-order valence-electron chi connectivity index (χ1n) is 7.02. The molecule has 0 spiro atoms. The number of fused-ring (bicyclic) bond motifs is 1. The van der Waals surface area contributed by atoms with Crippen LogP contribution in [0.2, 0.25) is 0 Å². The van der Waals surface area contributed by atoms with Crippen LogP contribution in [0.15, 0.2) is 51.7 Å². The Morgan fingerprint density at radius 1 is 1.26 bits per heavy atom. The summed E-state index contributed by atoms with van der Waals surface area (Å²) in [6.07, 6.45) is 0. The molecular weight excluding hydrogens is 300 g/mol. The zero-order valence-electron chi connectivity index (χ0n) is 12.4. The smallest absolute Gasteiger partial charge is 0.420 e. The molecule has 0 atom stereocenters. The molecule has 0 aliphatic rings. The number of aryl methyl sites for hydroxylation is 1. The summed E-state index contributed by atoms with van der Waals surface area (Å²) in [6.45, 7) is 2.18. The summed E-state index contributed by atoms with van der Waals surface area (Å²) < 4.78 is 12.1. The molecule has 0 radical (unpaired) electrons. The molecule has 0 bridgehead atoms. The van der Waals surface area contributed by atoms with E-state index < -0.39 is 10.7 Å². The van der Waals surface area contributed by atoms with Gasteiger partial charge in [-0.3, -0.25) is 14.7 Å². The van der Waals surface area contributed by atoms with Crippen LogP contribution < -0.4 is 10.5 Å². The van der Waals surface area contributed by atoms with E-state index in [2.05, 4.69) is 0 Å². The fourth-order valence-electron chi connectivity index (χ4n) is 2.36. The van der Waals surface area contributed by atoms with Crippen molar-refractivity contribution in [2.24, 2.45) is 0 Å². The van der Waals surface area contributed by atoms with Crippen LogP contribution in [-0.4, -0.2) is 16.1 Å². The Labute approximate surface area is 130 Å². The van der Waals surface area contributed by atoms with E-state index in [0.29, 0.717) is 11.1 Å². The first-order valence-corrected chi connectivity index (χ1v) is 7.02. The van der Waals surface area contributed by atoms with Gasteiger partial charge >= 0.3 is 11.4 Å². The highest BCUT2D eigenvalue weighted by Gasteiger charge is 2.15. The van der Waals surface area contributed by atoms with Gasteiger partial charge in [-0.15, -0.1) is 0 Å². The fourth-order valence-corrected chi connectivity index (χ4v) is 2.36. The van der Waals surface area contributed by atoms with Gasteiger partial charge in [0.1, 0.15) is 6.61 Å². The van der Waals surface area contributed by atoms with Crippen LogP contribution in [-0.2, 0) is 6.54 Å². The zero-order chi connectivity index (χ0) is 16.4. The number of hydrogen-bond donors (Lipinski definition) is 0. The number of aromatic nitrogens is 1. The number of ether oxygens (including phenoxy) is 1. The first-order chi connectivity index (χ1) is 11.1. The number of para-hydroxylation sites is 2. The van der Waals surface area contributed by atoms with Crippen molar-refractivity contribution in [2.75, 3.05) is 6.61 Å². The summed E-state index contributed by atoms with van der Waals surface area (Å²) >= 11 is 0. The number of oxazole rings is 1. The van der Waals surface area contributed by atoms with Gasteiger partial charge in [-0.1, -0.05) is 18.2 Å². The summed E-state index contributed by atoms with van der Waals surface area (Å²) in [7, 11) is 0. The summed E-state index contributed by atoms with van der Waals surface area (Å²) in [6, 6.07) is 11.7. The highest BCUT2D eigenvalue weighted by atomic mass is 16.6. The molecule has 0 amide bonds. The maximum atomic E-state index is 11.8. The fraction of sp³-hybridized carbons (Fsp3) is 0.188. The minimum Gasteiger partial charge on any atom is -0.485 e. The van der Waals surface area contributed by atoms with Crippen molar-refractivity contribution in [2.45, 2.75) is 13.5 Å². The zero-order valence-corrected chi connectivity index (χ0v) is 12.4. The Morgan fingerprint density at radius 2 is 2.04 bits per heavy atom. The van der Waals surface area contributed by atoms with Crippen molar-refractivity contribution in [3.05, 3.63) is 68.7 Å². The second kappa shape index (κ2) is 5.96. The standard InChI is InChI=1S/C16H14N2O5/c1-11-6-7-13(18(20)21)15(10-11)22-9-8-17-12-4-2-3-5-14(12)23-16(17)19/h2-7,10H,8-9H2,1H3. The Hall–Kier alpha value is -3.09. The summed E-state index contributed by atoms with van der Waals surface area (Å²) in [5.74, 6) is -0.288. The van der Waals surface area contributed by atoms with E-state index in [1.165, 1.54) is 10.6 Å². The average Bonchev–Trinajstić information content (AvgIpc) is 2.83. The third-order valence-corrected chi connectivity index (χ3v) is 3.46. The van der Waals surface area contributed by atoms with E-state index in [0.717, 1.165) is 5.56 Å². The summed E-state index contributed by atoms with van der Waals surface area (Å²) in [5, 5.41) is 11.0. The lowest BCUT2D eigenvalue weighted by Gasteiger charge is -2.08. The second-order valence-electron chi connectivity index (χ2n) is 5.06. The molecule has 0 N–H and O–H groups in total. The SMILES string of the molecule is Cc1ccc([N+](=O)[O-])c(OCCn2c(=O)oc3ccccc32)c1. The number of rotatable bonds is 5. The molecular formula is C16H14N2O5. The maximum Gasteiger partial charge on any atom is 0.420 e. The normalized spacial score (nSPS) is 10.8. The van der Waals surface area contributed by atoms with Crippen LogP contribution in [0.1, 0.15) is 5.56 Å². The Bertz CT molecular complexity index is 926. The van der Waals surface area contributed by atoms with Gasteiger partial charge in [0.2, 0.25) is 0 Å². The number of nitrogens with zero attached hydrogens (tertiary/aromatic N) is 2. The van der Waals surface area contributed by atoms with Crippen LogP contribution in [0, 0.1) is 17.0 Å². The minimum atomic E-state index is -0.492. The monoisotopic (exact) mass is 314 g/mol. The van der Waals surface area contributed by atoms with E-state index in [9.17, 15) is 14.9 Å². The van der Waals surface area contributed by atoms with Crippen LogP contribution >= 0.6 is 0 Å². The highest BCUT2D eigenvalue weighted by Crippen LogP contribution is 2.27. The molecule has 3 rings (SSSR count). The summed E-state index contributed by atoms with van der Waals surface area (Å²) in [4.78, 5) is 22.4. The third-order valence-electron chi connectivity index (χ3n) is 3.46. The Kier molecular flexibility index (Phi) is 3.84. The lowest BCUT2D eigenvalue weighted by atomic mass is 10.2. The maximum absolute atomic E-state index is 11.8. The van der Waals surface area contributed by atoms with Crippen molar-refractivity contribution in [3.8, 4) is 5.75 Å². The highest BCUT2D eigenvalue weighted by molar-refractivity contribution is 5.72. The van der Waals surface area contributed by atoms with Crippen molar-refractivity contribution < 1.29 is 14.1 Å². The summed E-state index contributed by atoms with van der Waals surface area (Å²) in [5.41, 5.74) is 1.93. The van der Waals surface area contributed by atoms with E-state index in [-0.39, 0.29) is 24.6 Å². The van der Waals surface area contributed by atoms with Crippen molar-refractivity contribution >= 4 is 16.8 Å². The van der Waals surface area contributed by atoms with E-state index in [1.54, 1.807) is 36.4 Å². The van der Waals surface area contributed by atoms with E-state index in [4.69, 9.17) is 9.15 Å². The molecule has 118 valence electrons. The van der Waals surface area contributed by atoms with Gasteiger partial charge in [0, 0.05) is 6.07 Å². The van der Waals surface area contributed by atoms with Gasteiger partial charge in [0.05, 0.1) is 17.0 Å². The van der Waals surface area contributed by atoms with Crippen LogP contribution in [0.3, 0.4) is 0 Å². The molecule has 0 fully saturated rings. The second-order valence-corrected chi connectivity index (χ2v) is 5.06. The van der Waals surface area contributed by atoms with E-state index in [1.807, 2.05) is 6.92 Å². The molecule has 3 aromatic rings. The molecule has 7 nitrogen and oxygen atoms in total. The predicted molar refractivity (Wildman–Crippen MR) is 83.8 cm³/mol. The molecule has 0 saturated heterocycles. The van der Waals surface area contributed by atoms with Crippen molar-refractivity contribution in [3.63, 3.8) is 0 Å². The quantitative estimate of drug-likeness (QED) is 0.534. The number of benzene rings is 2. The van der Waals surface area contributed by atoms with Crippen LogP contribution in [0.25, 0.3) is 11.1 Å². The van der Waals surface area contributed by atoms with Crippen LogP contribution in [0.4, 0.5) is 5.69 Å². The van der Waals surface area contributed by atoms with Crippen molar-refractivity contribution in [1.29, 1.82) is 0 Å². The first kappa shape index (κ1) is 14.8. The number of hydrogen-bond acceptors (Lipinski definition) is 5.